The standard InChI is InChI=1S/C13H22N4/c1-11(14-2)12-6-3-4-9-17(12)10-13-15-7-5-8-16-13/h5,7-8,11-12,14H,3-4,6,9-10H2,1-2H3. The molecule has 0 saturated carbocycles. The zero-order valence-corrected chi connectivity index (χ0v) is 10.8. The topological polar surface area (TPSA) is 41.0 Å². The van der Waals surface area contributed by atoms with Crippen LogP contribution in [0.4, 0.5) is 0 Å². The summed E-state index contributed by atoms with van der Waals surface area (Å²) in [5.74, 6) is 0.933. The zero-order chi connectivity index (χ0) is 12.1. The van der Waals surface area contributed by atoms with Crippen molar-refractivity contribution in [2.75, 3.05) is 13.6 Å². The first kappa shape index (κ1) is 12.5. The molecule has 1 aromatic rings. The first-order valence-electron chi connectivity index (χ1n) is 6.48. The van der Waals surface area contributed by atoms with Crippen LogP contribution < -0.4 is 5.32 Å². The van der Waals surface area contributed by atoms with Crippen LogP contribution in [0.3, 0.4) is 0 Å². The maximum atomic E-state index is 4.32. The lowest BCUT2D eigenvalue weighted by Gasteiger charge is -2.38. The fraction of sp³-hybridized carbons (Fsp3) is 0.692. The molecule has 0 amide bonds. The molecule has 1 N–H and O–H groups in total. The minimum Gasteiger partial charge on any atom is -0.316 e. The summed E-state index contributed by atoms with van der Waals surface area (Å²) in [4.78, 5) is 11.2. The predicted molar refractivity (Wildman–Crippen MR) is 68.6 cm³/mol. The summed E-state index contributed by atoms with van der Waals surface area (Å²) < 4.78 is 0. The molecule has 1 aromatic heterocycles. The van der Waals surface area contributed by atoms with Gasteiger partial charge in [0.1, 0.15) is 5.82 Å². The van der Waals surface area contributed by atoms with Crippen molar-refractivity contribution >= 4 is 0 Å². The average molecular weight is 234 g/mol. The Morgan fingerprint density at radius 3 is 2.88 bits per heavy atom. The van der Waals surface area contributed by atoms with Crippen LogP contribution in [-0.4, -0.2) is 40.5 Å². The molecule has 0 aromatic carbocycles. The monoisotopic (exact) mass is 234 g/mol. The molecule has 1 fully saturated rings. The second-order valence-electron chi connectivity index (χ2n) is 4.78. The highest BCUT2D eigenvalue weighted by Crippen LogP contribution is 2.20. The fourth-order valence-corrected chi connectivity index (χ4v) is 2.56. The van der Waals surface area contributed by atoms with Gasteiger partial charge in [0, 0.05) is 24.5 Å². The lowest BCUT2D eigenvalue weighted by atomic mass is 9.96. The molecule has 4 nitrogen and oxygen atoms in total. The Hall–Kier alpha value is -1.00. The minimum atomic E-state index is 0.527. The van der Waals surface area contributed by atoms with Crippen LogP contribution in [0.25, 0.3) is 0 Å². The summed E-state index contributed by atoms with van der Waals surface area (Å²) in [6, 6.07) is 3.00. The van der Waals surface area contributed by atoms with Gasteiger partial charge < -0.3 is 5.32 Å². The van der Waals surface area contributed by atoms with Crippen molar-refractivity contribution in [2.45, 2.75) is 44.8 Å². The van der Waals surface area contributed by atoms with Crippen molar-refractivity contribution in [3.8, 4) is 0 Å². The van der Waals surface area contributed by atoms with Gasteiger partial charge in [-0.25, -0.2) is 9.97 Å². The van der Waals surface area contributed by atoms with Crippen LogP contribution in [0.2, 0.25) is 0 Å². The Morgan fingerprint density at radius 1 is 1.41 bits per heavy atom. The van der Waals surface area contributed by atoms with Crippen molar-refractivity contribution in [3.63, 3.8) is 0 Å². The molecule has 0 spiro atoms. The molecule has 4 heteroatoms. The van der Waals surface area contributed by atoms with Crippen molar-refractivity contribution in [1.29, 1.82) is 0 Å². The van der Waals surface area contributed by atoms with E-state index in [0.29, 0.717) is 12.1 Å². The summed E-state index contributed by atoms with van der Waals surface area (Å²) >= 11 is 0. The van der Waals surface area contributed by atoms with E-state index in [-0.39, 0.29) is 0 Å². The normalized spacial score (nSPS) is 23.5. The molecular weight excluding hydrogens is 212 g/mol. The van der Waals surface area contributed by atoms with E-state index in [9.17, 15) is 0 Å². The second kappa shape index (κ2) is 6.07. The van der Waals surface area contributed by atoms with Gasteiger partial charge in [0.25, 0.3) is 0 Å². The lowest BCUT2D eigenvalue weighted by Crippen LogP contribution is -2.49. The molecule has 1 saturated heterocycles. The van der Waals surface area contributed by atoms with Crippen LogP contribution in [0.1, 0.15) is 32.0 Å². The molecule has 94 valence electrons. The number of aromatic nitrogens is 2. The molecule has 2 unspecified atom stereocenters. The molecule has 0 radical (unpaired) electrons. The van der Waals surface area contributed by atoms with Crippen LogP contribution in [-0.2, 0) is 6.54 Å². The van der Waals surface area contributed by atoms with Crippen LogP contribution >= 0.6 is 0 Å². The first-order chi connectivity index (χ1) is 8.31. The zero-order valence-electron chi connectivity index (χ0n) is 10.8. The number of piperidine rings is 1. The molecule has 2 heterocycles. The van der Waals surface area contributed by atoms with Gasteiger partial charge in [0.15, 0.2) is 0 Å². The third-order valence-electron chi connectivity index (χ3n) is 3.66. The average Bonchev–Trinajstić information content (AvgIpc) is 2.40. The Morgan fingerprint density at radius 2 is 2.18 bits per heavy atom. The number of likely N-dealkylation sites (N-methyl/N-ethyl adjacent to an activating group) is 1. The SMILES string of the molecule is CNC(C)C1CCCCN1Cc1ncccn1. The summed E-state index contributed by atoms with van der Waals surface area (Å²) in [7, 11) is 2.04. The molecule has 0 bridgehead atoms. The molecule has 1 aliphatic rings. The van der Waals surface area contributed by atoms with E-state index in [1.807, 2.05) is 25.5 Å². The van der Waals surface area contributed by atoms with Crippen molar-refractivity contribution in [3.05, 3.63) is 24.3 Å². The molecule has 2 rings (SSSR count). The van der Waals surface area contributed by atoms with Gasteiger partial charge in [0.05, 0.1) is 6.54 Å². The first-order valence-corrected chi connectivity index (χ1v) is 6.48. The van der Waals surface area contributed by atoms with E-state index in [0.717, 1.165) is 18.9 Å². The Balaban J connectivity index is 2.01. The molecule has 2 atom stereocenters. The van der Waals surface area contributed by atoms with Crippen molar-refractivity contribution < 1.29 is 0 Å². The maximum Gasteiger partial charge on any atom is 0.142 e. The number of hydrogen-bond acceptors (Lipinski definition) is 4. The van der Waals surface area contributed by atoms with Crippen molar-refractivity contribution in [2.24, 2.45) is 0 Å². The van der Waals surface area contributed by atoms with E-state index >= 15 is 0 Å². The van der Waals surface area contributed by atoms with E-state index in [4.69, 9.17) is 0 Å². The van der Waals surface area contributed by atoms with E-state index in [1.165, 1.54) is 19.3 Å². The van der Waals surface area contributed by atoms with E-state index < -0.39 is 0 Å². The third kappa shape index (κ3) is 3.23. The van der Waals surface area contributed by atoms with Gasteiger partial charge in [-0.2, -0.15) is 0 Å². The Labute approximate surface area is 103 Å². The highest BCUT2D eigenvalue weighted by Gasteiger charge is 2.26. The van der Waals surface area contributed by atoms with E-state index in [1.54, 1.807) is 0 Å². The quantitative estimate of drug-likeness (QED) is 0.856. The summed E-state index contributed by atoms with van der Waals surface area (Å²) in [6.07, 6.45) is 7.54. The van der Waals surface area contributed by atoms with Crippen LogP contribution in [0, 0.1) is 0 Å². The second-order valence-corrected chi connectivity index (χ2v) is 4.78. The summed E-state index contributed by atoms with van der Waals surface area (Å²) in [5.41, 5.74) is 0. The predicted octanol–water partition coefficient (Wildman–Crippen LogP) is 1.44. The number of nitrogens with one attached hydrogen (secondary N) is 1. The summed E-state index contributed by atoms with van der Waals surface area (Å²) in [6.45, 7) is 4.29. The highest BCUT2D eigenvalue weighted by molar-refractivity contribution is 4.92. The smallest absolute Gasteiger partial charge is 0.142 e. The number of hydrogen-bond donors (Lipinski definition) is 1. The third-order valence-corrected chi connectivity index (χ3v) is 3.66. The molecule has 17 heavy (non-hydrogen) atoms. The number of likely N-dealkylation sites (tertiary alicyclic amines) is 1. The molecule has 1 aliphatic heterocycles. The van der Waals surface area contributed by atoms with E-state index in [2.05, 4.69) is 27.1 Å². The number of nitrogens with zero attached hydrogens (tertiary/aromatic N) is 3. The van der Waals surface area contributed by atoms with Crippen molar-refractivity contribution in [1.82, 2.24) is 20.2 Å². The minimum absolute atomic E-state index is 0.527. The fourth-order valence-electron chi connectivity index (χ4n) is 2.56. The van der Waals surface area contributed by atoms with Gasteiger partial charge in [-0.15, -0.1) is 0 Å². The maximum absolute atomic E-state index is 4.32. The van der Waals surface area contributed by atoms with Gasteiger partial charge >= 0.3 is 0 Å². The number of rotatable bonds is 4. The lowest BCUT2D eigenvalue weighted by molar-refractivity contribution is 0.111. The van der Waals surface area contributed by atoms with Crippen LogP contribution in [0.5, 0.6) is 0 Å². The largest absolute Gasteiger partial charge is 0.316 e. The van der Waals surface area contributed by atoms with Gasteiger partial charge in [-0.3, -0.25) is 4.90 Å². The van der Waals surface area contributed by atoms with Gasteiger partial charge in [0.2, 0.25) is 0 Å². The summed E-state index contributed by atoms with van der Waals surface area (Å²) in [5, 5.41) is 3.37. The van der Waals surface area contributed by atoms with Crippen LogP contribution in [0.15, 0.2) is 18.5 Å². The van der Waals surface area contributed by atoms with Gasteiger partial charge in [-0.05, 0) is 39.4 Å². The highest BCUT2D eigenvalue weighted by atomic mass is 15.2. The molecule has 0 aliphatic carbocycles. The Kier molecular flexibility index (Phi) is 4.45. The van der Waals surface area contributed by atoms with Gasteiger partial charge in [-0.1, -0.05) is 6.42 Å². The Bertz CT molecular complexity index is 327. The molecular formula is C13H22N4.